The zero-order chi connectivity index (χ0) is 12.7. The highest BCUT2D eigenvalue weighted by Crippen LogP contribution is 2.17. The molecule has 1 rings (SSSR count). The highest BCUT2D eigenvalue weighted by molar-refractivity contribution is 5.77. The van der Waals surface area contributed by atoms with E-state index in [0.29, 0.717) is 13.0 Å². The molecular weight excluding hydrogens is 223 g/mol. The van der Waals surface area contributed by atoms with Crippen molar-refractivity contribution in [3.63, 3.8) is 0 Å². The number of ether oxygens (including phenoxy) is 1. The molecule has 0 heterocycles. The lowest BCUT2D eigenvalue weighted by Crippen LogP contribution is -2.33. The molecule has 0 aromatic heterocycles. The Morgan fingerprint density at radius 1 is 1.47 bits per heavy atom. The van der Waals surface area contributed by atoms with Crippen molar-refractivity contribution in [2.45, 2.75) is 6.42 Å². The van der Waals surface area contributed by atoms with E-state index in [9.17, 15) is 9.18 Å². The molecule has 17 heavy (non-hydrogen) atoms. The van der Waals surface area contributed by atoms with E-state index in [2.05, 4.69) is 10.6 Å². The third kappa shape index (κ3) is 4.40. The molecule has 0 spiro atoms. The number of nitrogens with one attached hydrogen (secondary N) is 2. The van der Waals surface area contributed by atoms with E-state index in [0.717, 1.165) is 5.56 Å². The fraction of sp³-hybridized carbons (Fsp3) is 0.417. The maximum atomic E-state index is 13.3. The summed E-state index contributed by atoms with van der Waals surface area (Å²) in [4.78, 5) is 11.1. The smallest absolute Gasteiger partial charge is 0.233 e. The molecule has 2 N–H and O–H groups in total. The van der Waals surface area contributed by atoms with Gasteiger partial charge in [0.1, 0.15) is 0 Å². The largest absolute Gasteiger partial charge is 0.494 e. The monoisotopic (exact) mass is 240 g/mol. The number of hydrogen-bond donors (Lipinski definition) is 2. The Balaban J connectivity index is 2.42. The summed E-state index contributed by atoms with van der Waals surface area (Å²) < 4.78 is 18.2. The Morgan fingerprint density at radius 3 is 2.82 bits per heavy atom. The molecule has 4 nitrogen and oxygen atoms in total. The van der Waals surface area contributed by atoms with Gasteiger partial charge in [0.15, 0.2) is 11.6 Å². The zero-order valence-electron chi connectivity index (χ0n) is 10.0. The van der Waals surface area contributed by atoms with Gasteiger partial charge < -0.3 is 15.4 Å². The van der Waals surface area contributed by atoms with Gasteiger partial charge >= 0.3 is 0 Å². The van der Waals surface area contributed by atoms with E-state index in [1.165, 1.54) is 13.2 Å². The van der Waals surface area contributed by atoms with Crippen LogP contribution in [0.15, 0.2) is 18.2 Å². The van der Waals surface area contributed by atoms with Gasteiger partial charge in [0.05, 0.1) is 13.7 Å². The number of carbonyl (C=O) groups is 1. The van der Waals surface area contributed by atoms with E-state index >= 15 is 0 Å². The van der Waals surface area contributed by atoms with Gasteiger partial charge in [-0.2, -0.15) is 0 Å². The molecular formula is C12H17FN2O2. The van der Waals surface area contributed by atoms with Crippen LogP contribution >= 0.6 is 0 Å². The fourth-order valence-electron chi connectivity index (χ4n) is 1.43. The first-order valence-electron chi connectivity index (χ1n) is 5.41. The minimum Gasteiger partial charge on any atom is -0.494 e. The number of methoxy groups -OCH3 is 1. The van der Waals surface area contributed by atoms with Gasteiger partial charge in [-0.15, -0.1) is 0 Å². The quantitative estimate of drug-likeness (QED) is 0.770. The van der Waals surface area contributed by atoms with Crippen molar-refractivity contribution in [1.29, 1.82) is 0 Å². The number of amides is 1. The summed E-state index contributed by atoms with van der Waals surface area (Å²) in [6.07, 6.45) is 0.594. The average Bonchev–Trinajstić information content (AvgIpc) is 2.29. The number of hydrogen-bond acceptors (Lipinski definition) is 3. The molecule has 0 bridgehead atoms. The van der Waals surface area contributed by atoms with Gasteiger partial charge in [0.25, 0.3) is 0 Å². The predicted octanol–water partition coefficient (Wildman–Crippen LogP) is 0.712. The van der Waals surface area contributed by atoms with Crippen molar-refractivity contribution in [3.8, 4) is 5.75 Å². The van der Waals surface area contributed by atoms with Crippen LogP contribution < -0.4 is 15.4 Å². The Labute approximate surface area is 100 Å². The number of likely N-dealkylation sites (N-methyl/N-ethyl adjacent to an activating group) is 1. The van der Waals surface area contributed by atoms with Crippen LogP contribution in [0.5, 0.6) is 5.75 Å². The molecule has 0 saturated carbocycles. The SMILES string of the molecule is CNCC(=O)NCCc1ccc(OC)c(F)c1. The molecule has 1 aromatic carbocycles. The standard InChI is InChI=1S/C12H17FN2O2/c1-14-8-12(16)15-6-5-9-3-4-11(17-2)10(13)7-9/h3-4,7,14H,5-6,8H2,1-2H3,(H,15,16). The van der Waals surface area contributed by atoms with Gasteiger partial charge in [0, 0.05) is 6.54 Å². The molecule has 94 valence electrons. The van der Waals surface area contributed by atoms with E-state index in [4.69, 9.17) is 4.74 Å². The maximum absolute atomic E-state index is 13.3. The Morgan fingerprint density at radius 2 is 2.24 bits per heavy atom. The van der Waals surface area contributed by atoms with Gasteiger partial charge in [-0.05, 0) is 31.2 Å². The van der Waals surface area contributed by atoms with Crippen LogP contribution in [0.3, 0.4) is 0 Å². The van der Waals surface area contributed by atoms with Crippen molar-refractivity contribution < 1.29 is 13.9 Å². The van der Waals surface area contributed by atoms with Gasteiger partial charge in [0.2, 0.25) is 5.91 Å². The third-order valence-corrected chi connectivity index (χ3v) is 2.29. The summed E-state index contributed by atoms with van der Waals surface area (Å²) in [5.74, 6) is -0.221. The van der Waals surface area contributed by atoms with Crippen LogP contribution in [0.25, 0.3) is 0 Å². The number of carbonyl (C=O) groups excluding carboxylic acids is 1. The molecule has 0 atom stereocenters. The van der Waals surface area contributed by atoms with Crippen LogP contribution in [0, 0.1) is 5.82 Å². The number of rotatable bonds is 6. The lowest BCUT2D eigenvalue weighted by molar-refractivity contribution is -0.120. The van der Waals surface area contributed by atoms with Crippen molar-refractivity contribution in [2.75, 3.05) is 27.2 Å². The minimum atomic E-state index is -0.383. The van der Waals surface area contributed by atoms with Gasteiger partial charge in [-0.3, -0.25) is 4.79 Å². The third-order valence-electron chi connectivity index (χ3n) is 2.29. The van der Waals surface area contributed by atoms with Crippen molar-refractivity contribution in [2.24, 2.45) is 0 Å². The molecule has 0 aliphatic rings. The summed E-state index contributed by atoms with van der Waals surface area (Å²) in [5.41, 5.74) is 0.827. The van der Waals surface area contributed by atoms with Crippen LogP contribution in [0.2, 0.25) is 0 Å². The second kappa shape index (κ2) is 6.85. The molecule has 0 aliphatic carbocycles. The summed E-state index contributed by atoms with van der Waals surface area (Å²) in [5, 5.41) is 5.48. The Kier molecular flexibility index (Phi) is 5.42. The maximum Gasteiger partial charge on any atom is 0.233 e. The summed E-state index contributed by atoms with van der Waals surface area (Å²) in [7, 11) is 3.13. The van der Waals surface area contributed by atoms with Crippen LogP contribution in [-0.2, 0) is 11.2 Å². The van der Waals surface area contributed by atoms with E-state index in [1.54, 1.807) is 19.2 Å². The molecule has 0 fully saturated rings. The summed E-state index contributed by atoms with van der Waals surface area (Å²) in [6, 6.07) is 4.79. The summed E-state index contributed by atoms with van der Waals surface area (Å²) in [6.45, 7) is 0.781. The molecule has 0 aliphatic heterocycles. The first-order valence-corrected chi connectivity index (χ1v) is 5.41. The van der Waals surface area contributed by atoms with Crippen molar-refractivity contribution in [1.82, 2.24) is 10.6 Å². The molecule has 1 amide bonds. The van der Waals surface area contributed by atoms with Crippen LogP contribution in [-0.4, -0.2) is 33.2 Å². The molecule has 0 saturated heterocycles. The normalized spacial score (nSPS) is 10.1. The molecule has 1 aromatic rings. The molecule has 0 unspecified atom stereocenters. The first kappa shape index (κ1) is 13.4. The highest BCUT2D eigenvalue weighted by Gasteiger charge is 2.04. The fourth-order valence-corrected chi connectivity index (χ4v) is 1.43. The van der Waals surface area contributed by atoms with E-state index in [-0.39, 0.29) is 24.0 Å². The lowest BCUT2D eigenvalue weighted by atomic mass is 10.1. The van der Waals surface area contributed by atoms with Gasteiger partial charge in [-0.25, -0.2) is 4.39 Å². The Bertz CT molecular complexity index is 383. The zero-order valence-corrected chi connectivity index (χ0v) is 10.0. The Hall–Kier alpha value is -1.62. The number of halogens is 1. The topological polar surface area (TPSA) is 50.4 Å². The molecule has 0 radical (unpaired) electrons. The highest BCUT2D eigenvalue weighted by atomic mass is 19.1. The number of benzene rings is 1. The van der Waals surface area contributed by atoms with Crippen LogP contribution in [0.1, 0.15) is 5.56 Å². The van der Waals surface area contributed by atoms with E-state index in [1.807, 2.05) is 0 Å². The van der Waals surface area contributed by atoms with Crippen molar-refractivity contribution >= 4 is 5.91 Å². The predicted molar refractivity (Wildman–Crippen MR) is 63.6 cm³/mol. The second-order valence-corrected chi connectivity index (χ2v) is 3.60. The molecule has 5 heteroatoms. The van der Waals surface area contributed by atoms with E-state index < -0.39 is 0 Å². The first-order chi connectivity index (χ1) is 8.17. The van der Waals surface area contributed by atoms with Crippen molar-refractivity contribution in [3.05, 3.63) is 29.6 Å². The summed E-state index contributed by atoms with van der Waals surface area (Å²) >= 11 is 0. The minimum absolute atomic E-state index is 0.0681. The van der Waals surface area contributed by atoms with Gasteiger partial charge in [-0.1, -0.05) is 6.07 Å². The van der Waals surface area contributed by atoms with Crippen LogP contribution in [0.4, 0.5) is 4.39 Å². The lowest BCUT2D eigenvalue weighted by Gasteiger charge is -2.06. The average molecular weight is 240 g/mol. The second-order valence-electron chi connectivity index (χ2n) is 3.60.